The van der Waals surface area contributed by atoms with Crippen LogP contribution in [0.2, 0.25) is 0 Å². The van der Waals surface area contributed by atoms with Gasteiger partial charge in [-0.3, -0.25) is 19.2 Å². The first-order valence-corrected chi connectivity index (χ1v) is 6.89. The zero-order valence-corrected chi connectivity index (χ0v) is 13.1. The highest BCUT2D eigenvalue weighted by Gasteiger charge is 2.69. The van der Waals surface area contributed by atoms with E-state index in [-0.39, 0.29) is 0 Å². The summed E-state index contributed by atoms with van der Waals surface area (Å²) in [6, 6.07) is 0. The van der Waals surface area contributed by atoms with Crippen molar-refractivity contribution in [2.24, 2.45) is 23.7 Å². The van der Waals surface area contributed by atoms with Crippen LogP contribution in [0.15, 0.2) is 0 Å². The van der Waals surface area contributed by atoms with Crippen LogP contribution >= 0.6 is 0 Å². The molecule has 0 aromatic heterocycles. The molecule has 0 radical (unpaired) electrons. The lowest BCUT2D eigenvalue weighted by molar-refractivity contribution is -0.168. The summed E-state index contributed by atoms with van der Waals surface area (Å²) >= 11 is 0. The second-order valence-electron chi connectivity index (χ2n) is 5.26. The van der Waals surface area contributed by atoms with Crippen molar-refractivity contribution in [2.75, 3.05) is 28.4 Å². The Morgan fingerprint density at radius 3 is 0.957 bits per heavy atom. The van der Waals surface area contributed by atoms with Crippen LogP contribution in [0.4, 0.5) is 0 Å². The van der Waals surface area contributed by atoms with Crippen molar-refractivity contribution in [3.8, 4) is 0 Å². The SMILES string of the molecule is COC(=O)[C@H]1C2OC([C@@H]1C(=O)OC)[C@H](C(=O)OC)[C@H]2C(=O)OC. The van der Waals surface area contributed by atoms with E-state index >= 15 is 0 Å². The molecule has 2 fully saturated rings. The molecule has 0 aliphatic carbocycles. The van der Waals surface area contributed by atoms with Gasteiger partial charge in [0.25, 0.3) is 0 Å². The van der Waals surface area contributed by atoms with E-state index in [0.29, 0.717) is 0 Å². The highest BCUT2D eigenvalue weighted by molar-refractivity contribution is 5.90. The van der Waals surface area contributed by atoms with Gasteiger partial charge in [-0.1, -0.05) is 0 Å². The van der Waals surface area contributed by atoms with Crippen molar-refractivity contribution >= 4 is 23.9 Å². The van der Waals surface area contributed by atoms with Gasteiger partial charge in [-0.05, 0) is 0 Å². The van der Waals surface area contributed by atoms with Gasteiger partial charge >= 0.3 is 23.9 Å². The predicted octanol–water partition coefficient (Wildman–Crippen LogP) is -1.08. The second-order valence-corrected chi connectivity index (χ2v) is 5.26. The number of carbonyl (C=O) groups excluding carboxylic acids is 4. The summed E-state index contributed by atoms with van der Waals surface area (Å²) in [7, 11) is 4.64. The molecule has 2 aliphatic heterocycles. The van der Waals surface area contributed by atoms with E-state index in [1.54, 1.807) is 0 Å². The number of hydrogen-bond donors (Lipinski definition) is 0. The summed E-state index contributed by atoms with van der Waals surface area (Å²) < 4.78 is 24.4. The van der Waals surface area contributed by atoms with Crippen molar-refractivity contribution < 1.29 is 42.9 Å². The largest absolute Gasteiger partial charge is 0.469 e. The highest BCUT2D eigenvalue weighted by atomic mass is 16.6. The lowest BCUT2D eigenvalue weighted by atomic mass is 9.68. The standard InChI is InChI=1S/C14H18O9/c1-19-11(15)5-6(12(16)20-2)10-8(14(18)22-4)7(9(5)23-10)13(17)21-3/h5-10H,1-4H3/t5-,6-,7-,8-,9?,10?/m1/s1. The van der Waals surface area contributed by atoms with Crippen LogP contribution in [-0.2, 0) is 42.9 Å². The first-order chi connectivity index (χ1) is 10.9. The maximum absolute atomic E-state index is 12.1. The lowest BCUT2D eigenvalue weighted by Gasteiger charge is -2.32. The van der Waals surface area contributed by atoms with Gasteiger partial charge in [0.1, 0.15) is 0 Å². The summed E-state index contributed by atoms with van der Waals surface area (Å²) in [5.41, 5.74) is 0. The molecule has 0 aromatic carbocycles. The normalized spacial score (nSPS) is 34.6. The third kappa shape index (κ3) is 2.54. The molecule has 0 saturated carbocycles. The molecule has 2 saturated heterocycles. The Morgan fingerprint density at radius 1 is 0.565 bits per heavy atom. The van der Waals surface area contributed by atoms with Gasteiger partial charge in [-0.2, -0.15) is 0 Å². The van der Waals surface area contributed by atoms with E-state index in [1.165, 1.54) is 0 Å². The minimum absolute atomic E-state index is 0.717. The van der Waals surface area contributed by atoms with Gasteiger partial charge in [0.15, 0.2) is 0 Å². The Morgan fingerprint density at radius 2 is 0.783 bits per heavy atom. The van der Waals surface area contributed by atoms with Gasteiger partial charge in [-0.25, -0.2) is 0 Å². The van der Waals surface area contributed by atoms with Crippen molar-refractivity contribution in [1.29, 1.82) is 0 Å². The van der Waals surface area contributed by atoms with Crippen molar-refractivity contribution in [3.63, 3.8) is 0 Å². The molecule has 2 heterocycles. The Hall–Kier alpha value is -2.16. The maximum atomic E-state index is 12.1. The molecule has 9 heteroatoms. The zero-order chi connectivity index (χ0) is 17.3. The third-order valence-corrected chi connectivity index (χ3v) is 4.40. The number of carbonyl (C=O) groups is 4. The molecule has 0 unspecified atom stereocenters. The average molecular weight is 330 g/mol. The summed E-state index contributed by atoms with van der Waals surface area (Å²) in [4.78, 5) is 48.2. The topological polar surface area (TPSA) is 114 Å². The molecule has 23 heavy (non-hydrogen) atoms. The molecule has 0 N–H and O–H groups in total. The van der Waals surface area contributed by atoms with Crippen LogP contribution in [0.5, 0.6) is 0 Å². The van der Waals surface area contributed by atoms with Gasteiger partial charge in [0, 0.05) is 0 Å². The molecule has 0 aromatic rings. The molecule has 0 amide bonds. The Labute approximate surface area is 132 Å². The molecule has 9 nitrogen and oxygen atoms in total. The molecular formula is C14H18O9. The van der Waals surface area contributed by atoms with Gasteiger partial charge in [0.2, 0.25) is 0 Å². The van der Waals surface area contributed by atoms with Crippen LogP contribution in [-0.4, -0.2) is 64.5 Å². The fraction of sp³-hybridized carbons (Fsp3) is 0.714. The van der Waals surface area contributed by atoms with Gasteiger partial charge in [-0.15, -0.1) is 0 Å². The number of rotatable bonds is 4. The fourth-order valence-corrected chi connectivity index (χ4v) is 3.45. The molecule has 0 spiro atoms. The lowest BCUT2D eigenvalue weighted by Crippen LogP contribution is -2.52. The summed E-state index contributed by atoms with van der Waals surface area (Å²) in [5.74, 6) is -7.08. The molecular weight excluding hydrogens is 312 g/mol. The fourth-order valence-electron chi connectivity index (χ4n) is 3.45. The van der Waals surface area contributed by atoms with Crippen molar-refractivity contribution in [1.82, 2.24) is 0 Å². The van der Waals surface area contributed by atoms with E-state index in [9.17, 15) is 19.2 Å². The molecule has 2 bridgehead atoms. The van der Waals surface area contributed by atoms with Gasteiger partial charge in [0.05, 0.1) is 64.3 Å². The van der Waals surface area contributed by atoms with E-state index < -0.39 is 59.8 Å². The van der Waals surface area contributed by atoms with E-state index in [2.05, 4.69) is 0 Å². The third-order valence-electron chi connectivity index (χ3n) is 4.40. The number of esters is 4. The number of fused-ring (bicyclic) bond motifs is 2. The van der Waals surface area contributed by atoms with Crippen molar-refractivity contribution in [3.05, 3.63) is 0 Å². The number of methoxy groups -OCH3 is 4. The smallest absolute Gasteiger partial charge is 0.312 e. The van der Waals surface area contributed by atoms with Crippen molar-refractivity contribution in [2.45, 2.75) is 12.2 Å². The van der Waals surface area contributed by atoms with Crippen LogP contribution in [0.25, 0.3) is 0 Å². The molecule has 2 rings (SSSR count). The average Bonchev–Trinajstić information content (AvgIpc) is 3.14. The Bertz CT molecular complexity index is 438. The second kappa shape index (κ2) is 6.53. The van der Waals surface area contributed by atoms with Gasteiger partial charge < -0.3 is 23.7 Å². The van der Waals surface area contributed by atoms with Crippen LogP contribution in [0.1, 0.15) is 0 Å². The van der Waals surface area contributed by atoms with E-state index in [0.717, 1.165) is 28.4 Å². The van der Waals surface area contributed by atoms with E-state index in [4.69, 9.17) is 23.7 Å². The van der Waals surface area contributed by atoms with Crippen LogP contribution in [0.3, 0.4) is 0 Å². The first-order valence-electron chi connectivity index (χ1n) is 6.89. The number of ether oxygens (including phenoxy) is 5. The zero-order valence-electron chi connectivity index (χ0n) is 13.1. The van der Waals surface area contributed by atoms with Crippen LogP contribution < -0.4 is 0 Å². The number of hydrogen-bond acceptors (Lipinski definition) is 9. The minimum atomic E-state index is -1.05. The molecule has 2 aliphatic rings. The first kappa shape index (κ1) is 17.2. The summed E-state index contributed by atoms with van der Waals surface area (Å²) in [5, 5.41) is 0. The monoisotopic (exact) mass is 330 g/mol. The predicted molar refractivity (Wildman–Crippen MR) is 70.7 cm³/mol. The minimum Gasteiger partial charge on any atom is -0.469 e. The molecule has 4 atom stereocenters. The Balaban J connectivity index is 2.46. The summed E-state index contributed by atoms with van der Waals surface area (Å²) in [6.45, 7) is 0. The van der Waals surface area contributed by atoms with Crippen LogP contribution in [0, 0.1) is 23.7 Å². The summed E-state index contributed by atoms with van der Waals surface area (Å²) in [6.07, 6.45) is -2.04. The quantitative estimate of drug-likeness (QED) is 0.469. The highest BCUT2D eigenvalue weighted by Crippen LogP contribution is 2.51. The van der Waals surface area contributed by atoms with E-state index in [1.807, 2.05) is 0 Å². The maximum Gasteiger partial charge on any atom is 0.312 e. The Kier molecular flexibility index (Phi) is 4.88. The molecule has 128 valence electrons.